The third-order valence-corrected chi connectivity index (χ3v) is 9.97. The summed E-state index contributed by atoms with van der Waals surface area (Å²) in [5.41, 5.74) is 0. The van der Waals surface area contributed by atoms with Crippen molar-refractivity contribution in [1.82, 2.24) is 0 Å². The second-order valence-electron chi connectivity index (χ2n) is 4.26. The van der Waals surface area contributed by atoms with Gasteiger partial charge < -0.3 is 39.1 Å². The lowest BCUT2D eigenvalue weighted by Gasteiger charge is -2.19. The first kappa shape index (κ1) is 22.3. The molecule has 0 bridgehead atoms. The summed E-state index contributed by atoms with van der Waals surface area (Å²) >= 11 is 0. The van der Waals surface area contributed by atoms with Gasteiger partial charge in [-0.05, 0) is 12.8 Å². The third kappa shape index (κ3) is 7.75. The average Bonchev–Trinajstić information content (AvgIpc) is 2.14. The van der Waals surface area contributed by atoms with Gasteiger partial charge in [0.15, 0.2) is 10.8 Å². The van der Waals surface area contributed by atoms with E-state index < -0.39 is 54.0 Å². The van der Waals surface area contributed by atoms with Gasteiger partial charge in [-0.1, -0.05) is 12.2 Å². The summed E-state index contributed by atoms with van der Waals surface area (Å²) in [6.07, 6.45) is -0.129. The highest BCUT2D eigenvalue weighted by Crippen LogP contribution is 2.62. The zero-order valence-corrected chi connectivity index (χ0v) is 14.3. The molecule has 22 heavy (non-hydrogen) atoms. The largest absolute Gasteiger partial charge is 0.341 e. The molecule has 12 nitrogen and oxygen atoms in total. The van der Waals surface area contributed by atoms with Gasteiger partial charge in [0.1, 0.15) is 0 Å². The summed E-state index contributed by atoms with van der Waals surface area (Å²) in [6, 6.07) is 0. The van der Waals surface area contributed by atoms with Crippen LogP contribution in [0.25, 0.3) is 0 Å². The van der Waals surface area contributed by atoms with Crippen LogP contribution in [0.5, 0.6) is 0 Å². The van der Waals surface area contributed by atoms with E-state index in [1.54, 1.807) is 0 Å². The van der Waals surface area contributed by atoms with E-state index >= 15 is 0 Å². The molecule has 0 unspecified atom stereocenters. The van der Waals surface area contributed by atoms with Gasteiger partial charge in [0, 0.05) is 0 Å². The lowest BCUT2D eigenvalue weighted by atomic mass is 10.3. The lowest BCUT2D eigenvalue weighted by molar-refractivity contribution is 0.333. The van der Waals surface area contributed by atoms with Crippen molar-refractivity contribution in [3.05, 3.63) is 12.2 Å². The number of hydrogen-bond acceptors (Lipinski definition) is 4. The van der Waals surface area contributed by atoms with Crippen LogP contribution >= 0.6 is 30.4 Å². The van der Waals surface area contributed by atoms with Crippen molar-refractivity contribution in [3.63, 3.8) is 0 Å². The molecular formula is C6H16O12P4. The molecule has 0 aromatic rings. The van der Waals surface area contributed by atoms with Crippen LogP contribution in [0.15, 0.2) is 12.2 Å². The molecule has 0 heterocycles. The Morgan fingerprint density at radius 1 is 0.545 bits per heavy atom. The van der Waals surface area contributed by atoms with Crippen molar-refractivity contribution in [3.8, 4) is 0 Å². The summed E-state index contributed by atoms with van der Waals surface area (Å²) in [4.78, 5) is 70.5. The number of rotatable bonds is 8. The highest BCUT2D eigenvalue weighted by atomic mass is 31.2. The molecular weight excluding hydrogens is 388 g/mol. The first-order valence-corrected chi connectivity index (χ1v) is 12.1. The van der Waals surface area contributed by atoms with Gasteiger partial charge in [0.2, 0.25) is 0 Å². The van der Waals surface area contributed by atoms with Gasteiger partial charge in [-0.25, -0.2) is 0 Å². The van der Waals surface area contributed by atoms with Crippen LogP contribution in [0.1, 0.15) is 12.8 Å². The van der Waals surface area contributed by atoms with Gasteiger partial charge >= 0.3 is 30.4 Å². The van der Waals surface area contributed by atoms with Crippen LogP contribution in [-0.2, 0) is 18.3 Å². The van der Waals surface area contributed by atoms with Crippen molar-refractivity contribution in [1.29, 1.82) is 0 Å². The predicted molar refractivity (Wildman–Crippen MR) is 74.1 cm³/mol. The second kappa shape index (κ2) is 7.49. The van der Waals surface area contributed by atoms with Crippen LogP contribution in [0.2, 0.25) is 0 Å². The zero-order chi connectivity index (χ0) is 18.0. The molecule has 8 N–H and O–H groups in total. The summed E-state index contributed by atoms with van der Waals surface area (Å²) < 4.78 is 43.8. The van der Waals surface area contributed by atoms with Crippen LogP contribution in [-0.4, -0.2) is 49.9 Å². The highest BCUT2D eigenvalue weighted by Gasteiger charge is 2.43. The van der Waals surface area contributed by atoms with E-state index in [4.69, 9.17) is 39.1 Å². The van der Waals surface area contributed by atoms with Gasteiger partial charge in [0.05, 0.1) is 0 Å². The first-order chi connectivity index (χ1) is 9.47. The first-order valence-electron chi connectivity index (χ1n) is 5.33. The summed E-state index contributed by atoms with van der Waals surface area (Å²) in [5.74, 6) is 0. The summed E-state index contributed by atoms with van der Waals surface area (Å²) in [5, 5.41) is -4.69. The monoisotopic (exact) mass is 404 g/mol. The Morgan fingerprint density at radius 3 is 0.864 bits per heavy atom. The van der Waals surface area contributed by atoms with Crippen LogP contribution < -0.4 is 0 Å². The Labute approximate surface area is 124 Å². The minimum atomic E-state index is -5.15. The molecule has 0 aromatic carbocycles. The highest BCUT2D eigenvalue weighted by molar-refractivity contribution is 7.71. The Morgan fingerprint density at radius 2 is 0.727 bits per heavy atom. The maximum atomic E-state index is 10.9. The fraction of sp³-hybridized carbons (Fsp3) is 0.667. The fourth-order valence-electron chi connectivity index (χ4n) is 1.38. The van der Waals surface area contributed by atoms with Crippen molar-refractivity contribution < 1.29 is 57.4 Å². The zero-order valence-electron chi connectivity index (χ0n) is 10.7. The molecule has 0 fully saturated rings. The van der Waals surface area contributed by atoms with Gasteiger partial charge in [0.25, 0.3) is 0 Å². The van der Waals surface area contributed by atoms with Crippen LogP contribution in [0.4, 0.5) is 0 Å². The second-order valence-corrected chi connectivity index (χ2v) is 12.3. The molecule has 0 aliphatic rings. The minimum absolute atomic E-state index is 0.779. The van der Waals surface area contributed by atoms with Crippen molar-refractivity contribution >= 4 is 30.4 Å². The number of hydrogen-bond donors (Lipinski definition) is 8. The molecule has 0 aromatic heterocycles. The molecule has 0 spiro atoms. The van der Waals surface area contributed by atoms with E-state index in [1.165, 1.54) is 0 Å². The van der Waals surface area contributed by atoms with Gasteiger partial charge in [-0.2, -0.15) is 0 Å². The Hall–Kier alpha value is 0.340. The summed E-state index contributed by atoms with van der Waals surface area (Å²) in [6.45, 7) is 0. The molecule has 0 saturated carbocycles. The predicted octanol–water partition coefficient (Wildman–Crippen LogP) is -0.314. The molecule has 0 rings (SSSR count). The van der Waals surface area contributed by atoms with E-state index in [-0.39, 0.29) is 0 Å². The Kier molecular flexibility index (Phi) is 7.60. The number of allylic oxidation sites excluding steroid dienone is 2. The average molecular weight is 404 g/mol. The molecule has 0 amide bonds. The molecule has 0 radical (unpaired) electrons. The van der Waals surface area contributed by atoms with Crippen LogP contribution in [0, 0.1) is 0 Å². The van der Waals surface area contributed by atoms with E-state index in [1.807, 2.05) is 0 Å². The fourth-order valence-corrected chi connectivity index (χ4v) is 6.10. The molecule has 0 aliphatic carbocycles. The van der Waals surface area contributed by atoms with Gasteiger partial charge in [-0.15, -0.1) is 0 Å². The SMILES string of the molecule is O=P(O)(O)C(CC=CCC(P(=O)(O)O)P(=O)(O)O)P(=O)(O)O. The quantitative estimate of drug-likeness (QED) is 0.192. The van der Waals surface area contributed by atoms with Crippen molar-refractivity contribution in [2.24, 2.45) is 0 Å². The van der Waals surface area contributed by atoms with E-state index in [0.29, 0.717) is 0 Å². The lowest BCUT2D eigenvalue weighted by Crippen LogP contribution is -2.09. The Balaban J connectivity index is 5.08. The molecule has 16 heteroatoms. The standard InChI is InChI=1S/C6H16O12P4/c7-19(8,9)5(20(10,11)12)3-1-2-4-6(21(13,14)15)22(16,17)18/h1-2,5-6H,3-4H2,(H2,7,8,9)(H2,10,11,12)(H2,13,14,15)(H2,16,17,18). The Bertz CT molecular complexity index is 491. The van der Waals surface area contributed by atoms with E-state index in [0.717, 1.165) is 12.2 Å². The molecule has 132 valence electrons. The van der Waals surface area contributed by atoms with Crippen LogP contribution in [0.3, 0.4) is 0 Å². The van der Waals surface area contributed by atoms with Crippen molar-refractivity contribution in [2.75, 3.05) is 0 Å². The van der Waals surface area contributed by atoms with E-state index in [2.05, 4.69) is 0 Å². The topological polar surface area (TPSA) is 230 Å². The molecule has 0 aliphatic heterocycles. The summed E-state index contributed by atoms with van der Waals surface area (Å²) in [7, 11) is -20.6. The maximum Gasteiger partial charge on any atom is 0.341 e. The molecule has 0 atom stereocenters. The normalized spacial score (nSPS) is 15.2. The third-order valence-electron chi connectivity index (χ3n) is 2.41. The minimum Gasteiger partial charge on any atom is -0.324 e. The van der Waals surface area contributed by atoms with E-state index in [9.17, 15) is 18.3 Å². The van der Waals surface area contributed by atoms with Gasteiger partial charge in [-0.3, -0.25) is 18.3 Å². The van der Waals surface area contributed by atoms with Crippen molar-refractivity contribution in [2.45, 2.75) is 23.6 Å². The smallest absolute Gasteiger partial charge is 0.324 e. The molecule has 0 saturated heterocycles. The maximum absolute atomic E-state index is 10.9.